The Morgan fingerprint density at radius 2 is 2.00 bits per heavy atom. The summed E-state index contributed by atoms with van der Waals surface area (Å²) in [6, 6.07) is 2.33. The van der Waals surface area contributed by atoms with E-state index in [4.69, 9.17) is 0 Å². The van der Waals surface area contributed by atoms with Gasteiger partial charge < -0.3 is 0 Å². The second-order valence-electron chi connectivity index (χ2n) is 9.14. The van der Waals surface area contributed by atoms with E-state index >= 15 is 0 Å². The molecule has 6 nitrogen and oxygen atoms in total. The Hall–Kier alpha value is -1.84. The van der Waals surface area contributed by atoms with Crippen LogP contribution in [0.2, 0.25) is 0 Å². The molecule has 2 aliphatic carbocycles. The molecule has 1 aliphatic heterocycles. The molecule has 2 aromatic heterocycles. The molecule has 0 radical (unpaired) electrons. The molecule has 5 rings (SSSR count). The van der Waals surface area contributed by atoms with Crippen molar-refractivity contribution in [3.05, 3.63) is 40.6 Å². The van der Waals surface area contributed by atoms with Crippen LogP contribution in [0.25, 0.3) is 5.52 Å². The standard InChI is InChI=1S/C21H28F3N5O/c1-27-12-25-26-19(27)10-13-7-8-15-14(13)4-2-6-17(15)29-11-18-16(21(22,23)24)5-3-9-28(18)20(29)30/h3,5,9,11,13-15,17,19,25-26H,2,4,6-8,10,12H2,1H3/t13-,14?,15?,17?,19?/m1/s1. The van der Waals surface area contributed by atoms with Crippen LogP contribution in [-0.4, -0.2) is 33.7 Å². The molecule has 0 bridgehead atoms. The fourth-order valence-electron chi connectivity index (χ4n) is 6.17. The summed E-state index contributed by atoms with van der Waals surface area (Å²) >= 11 is 0. The summed E-state index contributed by atoms with van der Waals surface area (Å²) in [5.74, 6) is 1.46. The quantitative estimate of drug-likeness (QED) is 0.796. The summed E-state index contributed by atoms with van der Waals surface area (Å²) in [5.41, 5.74) is 5.36. The summed E-state index contributed by atoms with van der Waals surface area (Å²) in [7, 11) is 2.10. The highest BCUT2D eigenvalue weighted by atomic mass is 19.4. The van der Waals surface area contributed by atoms with Crippen LogP contribution in [-0.2, 0) is 6.18 Å². The van der Waals surface area contributed by atoms with Gasteiger partial charge in [0.25, 0.3) is 0 Å². The van der Waals surface area contributed by atoms with Crippen LogP contribution in [0.3, 0.4) is 0 Å². The predicted molar refractivity (Wildman–Crippen MR) is 107 cm³/mol. The van der Waals surface area contributed by atoms with Gasteiger partial charge in [0.05, 0.1) is 23.9 Å². The average molecular weight is 423 g/mol. The number of pyridine rings is 1. The van der Waals surface area contributed by atoms with Gasteiger partial charge in [0.2, 0.25) is 0 Å². The number of imidazole rings is 1. The third-order valence-electron chi connectivity index (χ3n) is 7.60. The number of aromatic nitrogens is 2. The molecule has 2 N–H and O–H groups in total. The first-order valence-electron chi connectivity index (χ1n) is 10.8. The summed E-state index contributed by atoms with van der Waals surface area (Å²) in [4.78, 5) is 15.3. The van der Waals surface area contributed by atoms with E-state index in [1.165, 1.54) is 18.5 Å². The normalized spacial score (nSPS) is 32.7. The topological polar surface area (TPSA) is 53.7 Å². The fourth-order valence-corrected chi connectivity index (χ4v) is 6.17. The van der Waals surface area contributed by atoms with E-state index in [-0.39, 0.29) is 17.2 Å². The fraction of sp³-hybridized carbons (Fsp3) is 0.667. The molecule has 0 aromatic carbocycles. The monoisotopic (exact) mass is 423 g/mol. The minimum absolute atomic E-state index is 0.0189. The lowest BCUT2D eigenvalue weighted by Crippen LogP contribution is -2.39. The van der Waals surface area contributed by atoms with E-state index in [1.54, 1.807) is 4.57 Å². The smallest absolute Gasteiger partial charge is 0.295 e. The van der Waals surface area contributed by atoms with Gasteiger partial charge in [-0.3, -0.25) is 13.9 Å². The van der Waals surface area contributed by atoms with E-state index < -0.39 is 11.7 Å². The van der Waals surface area contributed by atoms with Gasteiger partial charge in [0.1, 0.15) is 0 Å². The first kappa shape index (κ1) is 20.1. The van der Waals surface area contributed by atoms with Crippen molar-refractivity contribution in [3.63, 3.8) is 0 Å². The molecule has 30 heavy (non-hydrogen) atoms. The third kappa shape index (κ3) is 3.27. The van der Waals surface area contributed by atoms with Gasteiger partial charge in [-0.1, -0.05) is 6.42 Å². The number of rotatable bonds is 3. The summed E-state index contributed by atoms with van der Waals surface area (Å²) in [6.07, 6.45) is 4.94. The lowest BCUT2D eigenvalue weighted by molar-refractivity contribution is -0.136. The molecule has 3 aliphatic rings. The second kappa shape index (κ2) is 7.39. The van der Waals surface area contributed by atoms with Crippen molar-refractivity contribution in [2.75, 3.05) is 13.7 Å². The van der Waals surface area contributed by atoms with Crippen LogP contribution in [0.4, 0.5) is 13.2 Å². The number of alkyl halides is 3. The molecule has 4 unspecified atom stereocenters. The van der Waals surface area contributed by atoms with Crippen molar-refractivity contribution in [2.24, 2.45) is 17.8 Å². The molecule has 164 valence electrons. The van der Waals surface area contributed by atoms with E-state index in [0.29, 0.717) is 23.9 Å². The summed E-state index contributed by atoms with van der Waals surface area (Å²) in [6.45, 7) is 0.822. The highest BCUT2D eigenvalue weighted by Crippen LogP contribution is 2.51. The Labute approximate surface area is 173 Å². The number of hydrazine groups is 1. The van der Waals surface area contributed by atoms with Crippen molar-refractivity contribution in [3.8, 4) is 0 Å². The Morgan fingerprint density at radius 3 is 2.73 bits per heavy atom. The molecular weight excluding hydrogens is 395 g/mol. The molecule has 0 spiro atoms. The Kier molecular flexibility index (Phi) is 4.95. The zero-order chi connectivity index (χ0) is 21.0. The Morgan fingerprint density at radius 1 is 1.17 bits per heavy atom. The van der Waals surface area contributed by atoms with Gasteiger partial charge in [-0.15, -0.1) is 0 Å². The molecular formula is C21H28F3N5O. The highest BCUT2D eigenvalue weighted by Gasteiger charge is 2.45. The van der Waals surface area contributed by atoms with Crippen molar-refractivity contribution < 1.29 is 13.2 Å². The Bertz CT molecular complexity index is 983. The number of halogens is 3. The first-order chi connectivity index (χ1) is 14.3. The minimum atomic E-state index is -4.48. The van der Waals surface area contributed by atoms with E-state index in [9.17, 15) is 18.0 Å². The molecule has 5 atom stereocenters. The van der Waals surface area contributed by atoms with E-state index in [0.717, 1.165) is 55.7 Å². The maximum atomic E-state index is 13.5. The maximum Gasteiger partial charge on any atom is 0.418 e. The number of hydrogen-bond acceptors (Lipinski definition) is 4. The molecule has 0 amide bonds. The van der Waals surface area contributed by atoms with Gasteiger partial charge in [0, 0.05) is 18.4 Å². The lowest BCUT2D eigenvalue weighted by atomic mass is 9.74. The largest absolute Gasteiger partial charge is 0.418 e. The van der Waals surface area contributed by atoms with Crippen LogP contribution in [0.1, 0.15) is 50.1 Å². The van der Waals surface area contributed by atoms with Crippen LogP contribution >= 0.6 is 0 Å². The molecule has 2 aromatic rings. The molecule has 2 saturated carbocycles. The van der Waals surface area contributed by atoms with Crippen LogP contribution in [0.15, 0.2) is 29.3 Å². The van der Waals surface area contributed by atoms with Gasteiger partial charge in [-0.2, -0.15) is 13.2 Å². The van der Waals surface area contributed by atoms with E-state index in [1.807, 2.05) is 0 Å². The molecule has 3 fully saturated rings. The first-order valence-corrected chi connectivity index (χ1v) is 10.8. The van der Waals surface area contributed by atoms with E-state index in [2.05, 4.69) is 22.8 Å². The predicted octanol–water partition coefficient (Wildman–Crippen LogP) is 3.20. The van der Waals surface area contributed by atoms with Crippen molar-refractivity contribution in [1.82, 2.24) is 24.7 Å². The SMILES string of the molecule is CN1CNNC1C[C@H]1CCC2C1CCCC2n1cc2c(C(F)(F)F)cccn2c1=O. The van der Waals surface area contributed by atoms with Crippen molar-refractivity contribution in [1.29, 1.82) is 0 Å². The third-order valence-corrected chi connectivity index (χ3v) is 7.60. The van der Waals surface area contributed by atoms with Crippen molar-refractivity contribution >= 4 is 5.52 Å². The van der Waals surface area contributed by atoms with Gasteiger partial charge >= 0.3 is 11.9 Å². The van der Waals surface area contributed by atoms with Crippen LogP contribution < -0.4 is 16.5 Å². The summed E-state index contributed by atoms with van der Waals surface area (Å²) in [5, 5.41) is 0. The van der Waals surface area contributed by atoms with Gasteiger partial charge in [-0.25, -0.2) is 15.6 Å². The van der Waals surface area contributed by atoms with Crippen molar-refractivity contribution in [2.45, 2.75) is 56.9 Å². The number of hydrogen-bond donors (Lipinski definition) is 2. The highest BCUT2D eigenvalue weighted by molar-refractivity contribution is 5.55. The van der Waals surface area contributed by atoms with Gasteiger partial charge in [-0.05, 0) is 69.0 Å². The number of nitrogens with one attached hydrogen (secondary N) is 2. The average Bonchev–Trinajstić information content (AvgIpc) is 3.40. The second-order valence-corrected chi connectivity index (χ2v) is 9.14. The Balaban J connectivity index is 1.44. The minimum Gasteiger partial charge on any atom is -0.295 e. The zero-order valence-electron chi connectivity index (χ0n) is 17.0. The molecule has 9 heteroatoms. The number of fused-ring (bicyclic) bond motifs is 2. The summed E-state index contributed by atoms with van der Waals surface area (Å²) < 4.78 is 43.1. The molecule has 1 saturated heterocycles. The lowest BCUT2D eigenvalue weighted by Gasteiger charge is -2.37. The molecule has 3 heterocycles. The van der Waals surface area contributed by atoms with Crippen LogP contribution in [0, 0.1) is 17.8 Å². The zero-order valence-corrected chi connectivity index (χ0v) is 17.0. The maximum absolute atomic E-state index is 13.5. The number of nitrogens with zero attached hydrogens (tertiary/aromatic N) is 3. The van der Waals surface area contributed by atoms with Gasteiger partial charge in [0.15, 0.2) is 0 Å². The van der Waals surface area contributed by atoms with Crippen LogP contribution in [0.5, 0.6) is 0 Å².